The third kappa shape index (κ3) is 4.27. The van der Waals surface area contributed by atoms with Gasteiger partial charge in [0.1, 0.15) is 11.6 Å². The zero-order chi connectivity index (χ0) is 15.6. The first-order valence-corrected chi connectivity index (χ1v) is 6.57. The number of ether oxygens (including phenoxy) is 1. The first-order chi connectivity index (χ1) is 9.82. The van der Waals surface area contributed by atoms with Gasteiger partial charge < -0.3 is 10.1 Å². The molecule has 0 bridgehead atoms. The van der Waals surface area contributed by atoms with Crippen molar-refractivity contribution in [3.8, 4) is 5.75 Å². The molecule has 2 atom stereocenters. The summed E-state index contributed by atoms with van der Waals surface area (Å²) in [5.74, 6) is -3.45. The lowest BCUT2D eigenvalue weighted by Crippen LogP contribution is -2.41. The van der Waals surface area contributed by atoms with Crippen LogP contribution in [0.4, 0.5) is 13.2 Å². The fourth-order valence-corrected chi connectivity index (χ4v) is 2.34. The van der Waals surface area contributed by atoms with E-state index in [4.69, 9.17) is 4.74 Å². The van der Waals surface area contributed by atoms with E-state index in [9.17, 15) is 18.0 Å². The summed E-state index contributed by atoms with van der Waals surface area (Å²) >= 11 is 0. The van der Waals surface area contributed by atoms with Gasteiger partial charge in [-0.05, 0) is 25.1 Å². The molecule has 0 aliphatic carbocycles. The van der Waals surface area contributed by atoms with Crippen molar-refractivity contribution in [2.24, 2.45) is 0 Å². The first kappa shape index (κ1) is 18.6. The maximum Gasteiger partial charge on any atom is 0.262 e. The van der Waals surface area contributed by atoms with E-state index >= 15 is 0 Å². The highest BCUT2D eigenvalue weighted by atomic mass is 35.5. The molecule has 8 heteroatoms. The number of methoxy groups -OCH3 is 1. The van der Waals surface area contributed by atoms with Crippen LogP contribution in [-0.4, -0.2) is 31.5 Å². The van der Waals surface area contributed by atoms with Crippen LogP contribution in [0.5, 0.6) is 5.75 Å². The summed E-state index contributed by atoms with van der Waals surface area (Å²) in [5, 5.41) is 5.07. The standard InChI is InChI=1S/C14H17F3N2O2.ClH/c1-8(10-5-9(15)3-4-12(10)21-2)19-13(20)11-6-14(16,17)7-18-11;/h3-5,8,11,18H,6-7H2,1-2H3,(H,19,20);1H. The minimum absolute atomic E-state index is 0. The highest BCUT2D eigenvalue weighted by Crippen LogP contribution is 2.28. The second-order valence-corrected chi connectivity index (χ2v) is 5.11. The molecular weight excluding hydrogens is 321 g/mol. The summed E-state index contributed by atoms with van der Waals surface area (Å²) in [4.78, 5) is 12.0. The molecule has 124 valence electrons. The zero-order valence-electron chi connectivity index (χ0n) is 12.2. The zero-order valence-corrected chi connectivity index (χ0v) is 13.0. The Bertz CT molecular complexity index is 543. The predicted octanol–water partition coefficient (Wildman–Crippen LogP) is 2.43. The molecule has 2 unspecified atom stereocenters. The quantitative estimate of drug-likeness (QED) is 0.886. The molecule has 0 saturated carbocycles. The number of nitrogens with one attached hydrogen (secondary N) is 2. The van der Waals surface area contributed by atoms with E-state index in [0.717, 1.165) is 0 Å². The Kier molecular flexibility index (Phi) is 6.08. The van der Waals surface area contributed by atoms with E-state index in [1.165, 1.54) is 25.3 Å². The van der Waals surface area contributed by atoms with E-state index in [1.807, 2.05) is 0 Å². The van der Waals surface area contributed by atoms with Gasteiger partial charge in [0.25, 0.3) is 5.92 Å². The van der Waals surface area contributed by atoms with Gasteiger partial charge in [0, 0.05) is 12.0 Å². The van der Waals surface area contributed by atoms with Gasteiger partial charge in [0.15, 0.2) is 0 Å². The van der Waals surface area contributed by atoms with E-state index < -0.39 is 42.7 Å². The smallest absolute Gasteiger partial charge is 0.262 e. The molecule has 1 fully saturated rings. The van der Waals surface area contributed by atoms with Gasteiger partial charge in [-0.15, -0.1) is 12.4 Å². The molecule has 0 aromatic heterocycles. The van der Waals surface area contributed by atoms with Gasteiger partial charge in [0.2, 0.25) is 5.91 Å². The number of carbonyl (C=O) groups excluding carboxylic acids is 1. The second kappa shape index (κ2) is 7.19. The van der Waals surface area contributed by atoms with Gasteiger partial charge in [-0.2, -0.15) is 0 Å². The van der Waals surface area contributed by atoms with E-state index in [1.54, 1.807) is 6.92 Å². The Morgan fingerprint density at radius 3 is 2.73 bits per heavy atom. The molecule has 0 spiro atoms. The van der Waals surface area contributed by atoms with Gasteiger partial charge in [-0.3, -0.25) is 10.1 Å². The largest absolute Gasteiger partial charge is 0.496 e. The topological polar surface area (TPSA) is 50.4 Å². The molecule has 4 nitrogen and oxygen atoms in total. The number of alkyl halides is 2. The minimum atomic E-state index is -2.87. The molecule has 1 aromatic rings. The van der Waals surface area contributed by atoms with E-state index in [-0.39, 0.29) is 12.4 Å². The van der Waals surface area contributed by atoms with Crippen molar-refractivity contribution in [2.75, 3.05) is 13.7 Å². The van der Waals surface area contributed by atoms with Crippen LogP contribution in [0.3, 0.4) is 0 Å². The molecule has 1 aliphatic heterocycles. The lowest BCUT2D eigenvalue weighted by Gasteiger charge is -2.19. The summed E-state index contributed by atoms with van der Waals surface area (Å²) in [6.07, 6.45) is -0.536. The SMILES string of the molecule is COc1ccc(F)cc1C(C)NC(=O)C1CC(F)(F)CN1.Cl. The molecule has 2 rings (SSSR count). The molecule has 2 N–H and O–H groups in total. The summed E-state index contributed by atoms with van der Waals surface area (Å²) in [7, 11) is 1.43. The summed E-state index contributed by atoms with van der Waals surface area (Å²) < 4.78 is 44.6. The normalized spacial score (nSPS) is 20.9. The summed E-state index contributed by atoms with van der Waals surface area (Å²) in [6, 6.07) is 2.45. The van der Waals surface area contributed by atoms with Crippen molar-refractivity contribution in [3.05, 3.63) is 29.6 Å². The molecule has 1 saturated heterocycles. The molecule has 1 heterocycles. The van der Waals surface area contributed by atoms with Crippen LogP contribution >= 0.6 is 12.4 Å². The van der Waals surface area contributed by atoms with Crippen molar-refractivity contribution in [2.45, 2.75) is 31.4 Å². The van der Waals surface area contributed by atoms with Gasteiger partial charge in [-0.25, -0.2) is 13.2 Å². The van der Waals surface area contributed by atoms with Gasteiger partial charge >= 0.3 is 0 Å². The number of hydrogen-bond donors (Lipinski definition) is 2. The first-order valence-electron chi connectivity index (χ1n) is 6.57. The Labute approximate surface area is 132 Å². The van der Waals surface area contributed by atoms with Crippen LogP contribution in [0.2, 0.25) is 0 Å². The lowest BCUT2D eigenvalue weighted by atomic mass is 10.1. The number of benzene rings is 1. The van der Waals surface area contributed by atoms with Crippen LogP contribution in [-0.2, 0) is 4.79 Å². The van der Waals surface area contributed by atoms with Crippen molar-refractivity contribution in [3.63, 3.8) is 0 Å². The fraction of sp³-hybridized carbons (Fsp3) is 0.500. The molecule has 1 amide bonds. The van der Waals surface area contributed by atoms with Gasteiger partial charge in [-0.1, -0.05) is 0 Å². The van der Waals surface area contributed by atoms with E-state index in [0.29, 0.717) is 11.3 Å². The highest BCUT2D eigenvalue weighted by molar-refractivity contribution is 5.85. The second-order valence-electron chi connectivity index (χ2n) is 5.11. The number of amides is 1. The maximum atomic E-state index is 13.3. The Balaban J connectivity index is 0.00000242. The van der Waals surface area contributed by atoms with Crippen molar-refractivity contribution in [1.29, 1.82) is 0 Å². The monoisotopic (exact) mass is 338 g/mol. The van der Waals surface area contributed by atoms with Crippen molar-refractivity contribution < 1.29 is 22.7 Å². The van der Waals surface area contributed by atoms with Crippen LogP contribution < -0.4 is 15.4 Å². The van der Waals surface area contributed by atoms with Crippen molar-refractivity contribution >= 4 is 18.3 Å². The third-order valence-corrected chi connectivity index (χ3v) is 3.44. The Hall–Kier alpha value is -1.47. The number of halogens is 4. The maximum absolute atomic E-state index is 13.3. The molecule has 0 radical (unpaired) electrons. The molecule has 22 heavy (non-hydrogen) atoms. The van der Waals surface area contributed by atoms with E-state index in [2.05, 4.69) is 10.6 Å². The molecular formula is C14H18ClF3N2O2. The van der Waals surface area contributed by atoms with Crippen LogP contribution in [0.15, 0.2) is 18.2 Å². The average Bonchev–Trinajstić information content (AvgIpc) is 2.79. The van der Waals surface area contributed by atoms with Crippen LogP contribution in [0.25, 0.3) is 0 Å². The number of carbonyl (C=O) groups is 1. The molecule has 1 aromatic carbocycles. The minimum Gasteiger partial charge on any atom is -0.496 e. The molecule has 1 aliphatic rings. The summed E-state index contributed by atoms with van der Waals surface area (Å²) in [5.41, 5.74) is 0.454. The third-order valence-electron chi connectivity index (χ3n) is 3.44. The summed E-state index contributed by atoms with van der Waals surface area (Å²) in [6.45, 7) is 1.13. The van der Waals surface area contributed by atoms with Crippen LogP contribution in [0.1, 0.15) is 24.9 Å². The van der Waals surface area contributed by atoms with Gasteiger partial charge in [0.05, 0.1) is 25.7 Å². The Morgan fingerprint density at radius 2 is 2.18 bits per heavy atom. The van der Waals surface area contributed by atoms with Crippen LogP contribution in [0, 0.1) is 5.82 Å². The number of rotatable bonds is 4. The average molecular weight is 339 g/mol. The fourth-order valence-electron chi connectivity index (χ4n) is 2.34. The predicted molar refractivity (Wildman–Crippen MR) is 78.1 cm³/mol. The Morgan fingerprint density at radius 1 is 1.50 bits per heavy atom. The highest BCUT2D eigenvalue weighted by Gasteiger charge is 2.42. The van der Waals surface area contributed by atoms with Crippen molar-refractivity contribution in [1.82, 2.24) is 10.6 Å². The lowest BCUT2D eigenvalue weighted by molar-refractivity contribution is -0.124. The number of hydrogen-bond acceptors (Lipinski definition) is 3.